The zero-order valence-electron chi connectivity index (χ0n) is 14.0. The number of aromatic nitrogens is 1. The Hall–Kier alpha value is -2.90. The maximum Gasteiger partial charge on any atom is 0.274 e. The second kappa shape index (κ2) is 8.09. The van der Waals surface area contributed by atoms with Crippen LogP contribution in [0.5, 0.6) is 0 Å². The molecule has 1 heterocycles. The number of oxazole rings is 1. The molecule has 128 valence electrons. The van der Waals surface area contributed by atoms with Crippen LogP contribution in [0.15, 0.2) is 33.7 Å². The van der Waals surface area contributed by atoms with E-state index < -0.39 is 4.92 Å². The Morgan fingerprint density at radius 2 is 2.08 bits per heavy atom. The highest BCUT2D eigenvalue weighted by molar-refractivity contribution is 5.79. The van der Waals surface area contributed by atoms with Crippen molar-refractivity contribution >= 4 is 11.6 Å². The molecule has 0 radical (unpaired) electrons. The van der Waals surface area contributed by atoms with E-state index in [1.54, 1.807) is 18.2 Å². The lowest BCUT2D eigenvalue weighted by Crippen LogP contribution is -2.36. The normalized spacial score (nSPS) is 11.4. The molecule has 2 aromatic rings. The zero-order valence-corrected chi connectivity index (χ0v) is 14.0. The highest BCUT2D eigenvalue weighted by Crippen LogP contribution is 2.18. The Kier molecular flexibility index (Phi) is 5.89. The molecule has 0 spiro atoms. The summed E-state index contributed by atoms with van der Waals surface area (Å²) in [6, 6.07) is 6.58. The summed E-state index contributed by atoms with van der Waals surface area (Å²) in [7, 11) is 0. The average molecular weight is 331 g/mol. The Balaban J connectivity index is 2.06. The van der Waals surface area contributed by atoms with Gasteiger partial charge in [0.25, 0.3) is 5.69 Å². The van der Waals surface area contributed by atoms with Gasteiger partial charge in [-0.05, 0) is 20.8 Å². The van der Waals surface area contributed by atoms with Gasteiger partial charge in [-0.15, -0.1) is 0 Å². The van der Waals surface area contributed by atoms with Gasteiger partial charge in [0.1, 0.15) is 5.76 Å². The van der Waals surface area contributed by atoms with Crippen LogP contribution in [0.1, 0.15) is 29.8 Å². The van der Waals surface area contributed by atoms with Crippen LogP contribution in [-0.2, 0) is 13.1 Å². The Morgan fingerprint density at radius 3 is 2.71 bits per heavy atom. The monoisotopic (exact) mass is 331 g/mol. The van der Waals surface area contributed by atoms with Crippen molar-refractivity contribution in [2.45, 2.75) is 33.9 Å². The maximum absolute atomic E-state index is 11.0. The van der Waals surface area contributed by atoms with E-state index in [0.29, 0.717) is 30.5 Å². The van der Waals surface area contributed by atoms with Gasteiger partial charge in [-0.25, -0.2) is 9.98 Å². The fourth-order valence-electron chi connectivity index (χ4n) is 2.10. The van der Waals surface area contributed by atoms with E-state index in [2.05, 4.69) is 20.6 Å². The topological polar surface area (TPSA) is 106 Å². The van der Waals surface area contributed by atoms with Crippen molar-refractivity contribution in [1.82, 2.24) is 15.6 Å². The van der Waals surface area contributed by atoms with Gasteiger partial charge in [0.15, 0.2) is 5.96 Å². The molecule has 1 aromatic carbocycles. The molecule has 8 nitrogen and oxygen atoms in total. The molecule has 0 amide bonds. The van der Waals surface area contributed by atoms with Gasteiger partial charge in [-0.2, -0.15) is 0 Å². The van der Waals surface area contributed by atoms with E-state index in [4.69, 9.17) is 4.42 Å². The molecule has 2 rings (SSSR count). The van der Waals surface area contributed by atoms with Crippen molar-refractivity contribution in [3.05, 3.63) is 57.3 Å². The fraction of sp³-hybridized carbons (Fsp3) is 0.375. The van der Waals surface area contributed by atoms with E-state index in [9.17, 15) is 10.1 Å². The molecule has 0 saturated carbocycles. The molecule has 8 heteroatoms. The molecule has 1 aromatic heterocycles. The van der Waals surface area contributed by atoms with Crippen LogP contribution < -0.4 is 10.6 Å². The molecule has 0 unspecified atom stereocenters. The van der Waals surface area contributed by atoms with E-state index in [0.717, 1.165) is 11.5 Å². The van der Waals surface area contributed by atoms with Crippen LogP contribution in [-0.4, -0.2) is 22.4 Å². The first-order chi connectivity index (χ1) is 11.5. The summed E-state index contributed by atoms with van der Waals surface area (Å²) in [4.78, 5) is 19.3. The van der Waals surface area contributed by atoms with Gasteiger partial charge in [0.05, 0.1) is 29.3 Å². The average Bonchev–Trinajstić information content (AvgIpc) is 2.88. The number of aryl methyl sites for hydroxylation is 2. The number of hydrogen-bond donors (Lipinski definition) is 2. The molecular formula is C16H21N5O3. The van der Waals surface area contributed by atoms with E-state index in [1.807, 2.05) is 20.8 Å². The zero-order chi connectivity index (χ0) is 17.5. The largest absolute Gasteiger partial charge is 0.444 e. The minimum Gasteiger partial charge on any atom is -0.444 e. The number of benzene rings is 1. The Bertz CT molecular complexity index is 720. The smallest absolute Gasteiger partial charge is 0.274 e. The van der Waals surface area contributed by atoms with E-state index in [1.165, 1.54) is 6.07 Å². The summed E-state index contributed by atoms with van der Waals surface area (Å²) in [6.07, 6.45) is 0. The summed E-state index contributed by atoms with van der Waals surface area (Å²) in [5.74, 6) is 1.90. The number of rotatable bonds is 6. The van der Waals surface area contributed by atoms with Crippen molar-refractivity contribution in [2.75, 3.05) is 6.54 Å². The molecular weight excluding hydrogens is 310 g/mol. The Morgan fingerprint density at radius 1 is 1.33 bits per heavy atom. The standard InChI is InChI=1S/C16H21N5O3/c1-4-17-16(19-10-15-20-11(2)12(3)24-15)18-9-13-7-5-6-8-14(13)21(22)23/h5-8H,4,9-10H2,1-3H3,(H2,17,18,19). The lowest BCUT2D eigenvalue weighted by atomic mass is 10.2. The predicted octanol–water partition coefficient (Wildman–Crippen LogP) is 2.45. The summed E-state index contributed by atoms with van der Waals surface area (Å²) in [6.45, 7) is 6.96. The molecule has 0 aliphatic rings. The van der Waals surface area contributed by atoms with E-state index in [-0.39, 0.29) is 12.2 Å². The molecule has 0 bridgehead atoms. The van der Waals surface area contributed by atoms with Crippen LogP contribution in [0.4, 0.5) is 5.69 Å². The summed E-state index contributed by atoms with van der Waals surface area (Å²) >= 11 is 0. The highest BCUT2D eigenvalue weighted by atomic mass is 16.6. The number of nitro benzene ring substituents is 1. The second-order valence-corrected chi connectivity index (χ2v) is 5.18. The first kappa shape index (κ1) is 17.5. The van der Waals surface area contributed by atoms with Crippen LogP contribution in [0.25, 0.3) is 0 Å². The molecule has 2 N–H and O–H groups in total. The number of hydrogen-bond acceptors (Lipinski definition) is 5. The van der Waals surface area contributed by atoms with Gasteiger partial charge < -0.3 is 15.1 Å². The molecule has 0 fully saturated rings. The third kappa shape index (κ3) is 4.55. The lowest BCUT2D eigenvalue weighted by molar-refractivity contribution is -0.385. The van der Waals surface area contributed by atoms with Crippen LogP contribution in [0, 0.1) is 24.0 Å². The highest BCUT2D eigenvalue weighted by Gasteiger charge is 2.12. The molecule has 0 aliphatic carbocycles. The predicted molar refractivity (Wildman–Crippen MR) is 90.7 cm³/mol. The maximum atomic E-state index is 11.0. The van der Waals surface area contributed by atoms with Gasteiger partial charge in [0, 0.05) is 12.6 Å². The minimum absolute atomic E-state index is 0.0658. The SMILES string of the molecule is CCNC(=NCc1ccccc1[N+](=O)[O-])NCc1nc(C)c(C)o1. The van der Waals surface area contributed by atoms with Crippen molar-refractivity contribution in [3.63, 3.8) is 0 Å². The number of para-hydroxylation sites is 1. The van der Waals surface area contributed by atoms with Crippen LogP contribution in [0.2, 0.25) is 0 Å². The third-order valence-electron chi connectivity index (χ3n) is 3.42. The number of nitrogens with zero attached hydrogens (tertiary/aromatic N) is 3. The summed E-state index contributed by atoms with van der Waals surface area (Å²) in [5.41, 5.74) is 1.48. The van der Waals surface area contributed by atoms with Crippen LogP contribution in [0.3, 0.4) is 0 Å². The molecule has 0 atom stereocenters. The minimum atomic E-state index is -0.399. The van der Waals surface area contributed by atoms with Crippen LogP contribution >= 0.6 is 0 Å². The fourth-order valence-corrected chi connectivity index (χ4v) is 2.10. The quantitative estimate of drug-likeness (QED) is 0.364. The van der Waals surface area contributed by atoms with Crippen molar-refractivity contribution in [3.8, 4) is 0 Å². The molecule has 0 saturated heterocycles. The van der Waals surface area contributed by atoms with Gasteiger partial charge in [-0.1, -0.05) is 18.2 Å². The first-order valence-corrected chi connectivity index (χ1v) is 7.68. The van der Waals surface area contributed by atoms with Crippen molar-refractivity contribution in [1.29, 1.82) is 0 Å². The number of aliphatic imine (C=N–C) groups is 1. The van der Waals surface area contributed by atoms with Gasteiger partial charge in [0.2, 0.25) is 5.89 Å². The van der Waals surface area contributed by atoms with Gasteiger partial charge >= 0.3 is 0 Å². The van der Waals surface area contributed by atoms with E-state index >= 15 is 0 Å². The van der Waals surface area contributed by atoms with Crippen molar-refractivity contribution in [2.24, 2.45) is 4.99 Å². The molecule has 24 heavy (non-hydrogen) atoms. The lowest BCUT2D eigenvalue weighted by Gasteiger charge is -2.09. The Labute approximate surface area is 140 Å². The summed E-state index contributed by atoms with van der Waals surface area (Å²) < 4.78 is 5.51. The molecule has 0 aliphatic heterocycles. The summed E-state index contributed by atoms with van der Waals surface area (Å²) in [5, 5.41) is 17.2. The number of guanidine groups is 1. The second-order valence-electron chi connectivity index (χ2n) is 5.18. The van der Waals surface area contributed by atoms with Gasteiger partial charge in [-0.3, -0.25) is 10.1 Å². The number of nitro groups is 1. The number of nitrogens with one attached hydrogen (secondary N) is 2. The first-order valence-electron chi connectivity index (χ1n) is 7.68. The van der Waals surface area contributed by atoms with Crippen molar-refractivity contribution < 1.29 is 9.34 Å². The third-order valence-corrected chi connectivity index (χ3v) is 3.42.